The van der Waals surface area contributed by atoms with Gasteiger partial charge in [0.1, 0.15) is 11.9 Å². The van der Waals surface area contributed by atoms with E-state index in [1.165, 1.54) is 66.4 Å². The van der Waals surface area contributed by atoms with Crippen LogP contribution in [0.25, 0.3) is 0 Å². The van der Waals surface area contributed by atoms with Crippen LogP contribution in [0.2, 0.25) is 0 Å². The summed E-state index contributed by atoms with van der Waals surface area (Å²) in [7, 11) is -1.24. The third kappa shape index (κ3) is 7.83. The number of ether oxygens (including phenoxy) is 2. The van der Waals surface area contributed by atoms with Gasteiger partial charge in [0, 0.05) is 25.2 Å². The molecule has 0 unspecified atom stereocenters. The molecule has 1 aliphatic heterocycles. The zero-order valence-corrected chi connectivity index (χ0v) is 26.4. The second kappa shape index (κ2) is 13.9. The predicted octanol–water partition coefficient (Wildman–Crippen LogP) is 4.90. The lowest BCUT2D eigenvalue weighted by atomic mass is 9.99. The number of nitrogens with zero attached hydrogens (tertiary/aromatic N) is 2. The summed E-state index contributed by atoms with van der Waals surface area (Å²) < 4.78 is 79.5. The van der Waals surface area contributed by atoms with Gasteiger partial charge in [-0.15, -0.1) is 0 Å². The molecule has 0 saturated heterocycles. The molecule has 248 valence electrons. The molecule has 0 aromatic heterocycles. The average molecular weight is 665 g/mol. The van der Waals surface area contributed by atoms with E-state index in [-0.39, 0.29) is 47.3 Å². The number of aliphatic hydroxyl groups excluding tert-OH is 1. The number of urea groups is 1. The summed E-state index contributed by atoms with van der Waals surface area (Å²) in [6.45, 7) is 3.20. The van der Waals surface area contributed by atoms with Crippen LogP contribution >= 0.6 is 0 Å². The maximum Gasteiger partial charge on any atom is 0.416 e. The number of carbonyl (C=O) groups is 2. The zero-order chi connectivity index (χ0) is 33.8. The highest BCUT2D eigenvalue weighted by molar-refractivity contribution is 7.92. The lowest BCUT2D eigenvalue weighted by Gasteiger charge is -2.38. The van der Waals surface area contributed by atoms with E-state index in [9.17, 15) is 36.3 Å². The fourth-order valence-electron chi connectivity index (χ4n) is 4.81. The summed E-state index contributed by atoms with van der Waals surface area (Å²) in [5.41, 5.74) is -0.687. The van der Waals surface area contributed by atoms with Crippen LogP contribution in [-0.2, 0) is 16.2 Å². The first-order valence-electron chi connectivity index (χ1n) is 14.2. The minimum Gasteiger partial charge on any atom is -0.497 e. The van der Waals surface area contributed by atoms with Crippen LogP contribution in [0.5, 0.6) is 11.5 Å². The number of rotatable bonds is 9. The van der Waals surface area contributed by atoms with Crippen molar-refractivity contribution in [3.8, 4) is 11.5 Å². The van der Waals surface area contributed by atoms with E-state index in [4.69, 9.17) is 9.47 Å². The van der Waals surface area contributed by atoms with Crippen molar-refractivity contribution < 1.29 is 45.8 Å². The summed E-state index contributed by atoms with van der Waals surface area (Å²) in [5, 5.41) is 12.5. The molecule has 0 bridgehead atoms. The van der Waals surface area contributed by atoms with Gasteiger partial charge in [-0.25, -0.2) is 13.2 Å². The lowest BCUT2D eigenvalue weighted by Crippen LogP contribution is -2.50. The quantitative estimate of drug-likeness (QED) is 0.296. The Bertz CT molecular complexity index is 1650. The van der Waals surface area contributed by atoms with Crippen LogP contribution in [-0.4, -0.2) is 81.3 Å². The maximum absolute atomic E-state index is 13.7. The van der Waals surface area contributed by atoms with Crippen molar-refractivity contribution in [2.24, 2.45) is 5.92 Å². The first-order chi connectivity index (χ1) is 21.6. The number of halogens is 3. The summed E-state index contributed by atoms with van der Waals surface area (Å²) in [4.78, 5) is 29.4. The first kappa shape index (κ1) is 34.4. The minimum atomic E-state index is -4.52. The van der Waals surface area contributed by atoms with Crippen molar-refractivity contribution in [2.75, 3.05) is 43.9 Å². The van der Waals surface area contributed by atoms with Crippen molar-refractivity contribution in [1.29, 1.82) is 0 Å². The van der Waals surface area contributed by atoms with Gasteiger partial charge in [0.15, 0.2) is 5.75 Å². The Kier molecular flexibility index (Phi) is 10.4. The highest BCUT2D eigenvalue weighted by atomic mass is 32.2. The van der Waals surface area contributed by atoms with Gasteiger partial charge in [-0.2, -0.15) is 13.2 Å². The first-order valence-corrected chi connectivity index (χ1v) is 15.7. The normalized spacial score (nSPS) is 17.6. The number of hydrogen-bond acceptors (Lipinski definition) is 7. The second-order valence-electron chi connectivity index (χ2n) is 11.0. The van der Waals surface area contributed by atoms with Gasteiger partial charge in [-0.05, 0) is 67.6 Å². The molecular weight excluding hydrogens is 629 g/mol. The Hall–Kier alpha value is -4.50. The smallest absolute Gasteiger partial charge is 0.416 e. The third-order valence-electron chi connectivity index (χ3n) is 7.57. The van der Waals surface area contributed by atoms with Crippen LogP contribution in [0.1, 0.15) is 29.8 Å². The Labute approximate surface area is 265 Å². The molecule has 1 heterocycles. The van der Waals surface area contributed by atoms with E-state index >= 15 is 0 Å². The Morgan fingerprint density at radius 3 is 2.37 bits per heavy atom. The summed E-state index contributed by atoms with van der Waals surface area (Å²) in [6, 6.07) is 12.9. The van der Waals surface area contributed by atoms with Crippen LogP contribution < -0.4 is 19.5 Å². The number of benzene rings is 3. The molecule has 0 saturated carbocycles. The number of anilines is 2. The Morgan fingerprint density at radius 2 is 1.78 bits per heavy atom. The second-order valence-corrected chi connectivity index (χ2v) is 12.7. The maximum atomic E-state index is 13.7. The van der Waals surface area contributed by atoms with Crippen molar-refractivity contribution >= 4 is 33.3 Å². The van der Waals surface area contributed by atoms with Crippen LogP contribution in [0.3, 0.4) is 0 Å². The van der Waals surface area contributed by atoms with Gasteiger partial charge < -0.3 is 29.7 Å². The van der Waals surface area contributed by atoms with Gasteiger partial charge in [-0.1, -0.05) is 13.0 Å². The molecule has 0 spiro atoms. The minimum absolute atomic E-state index is 0.0192. The molecule has 0 radical (unpaired) electrons. The summed E-state index contributed by atoms with van der Waals surface area (Å²) in [5.74, 6) is -0.522. The molecule has 3 amide bonds. The number of para-hydroxylation sites is 1. The van der Waals surface area contributed by atoms with E-state index < -0.39 is 51.8 Å². The highest BCUT2D eigenvalue weighted by Crippen LogP contribution is 2.36. The Balaban J connectivity index is 1.64. The van der Waals surface area contributed by atoms with E-state index in [2.05, 4.69) is 10.0 Å². The fourth-order valence-corrected chi connectivity index (χ4v) is 5.88. The number of alkyl halides is 3. The zero-order valence-electron chi connectivity index (χ0n) is 25.5. The monoisotopic (exact) mass is 664 g/mol. The van der Waals surface area contributed by atoms with Gasteiger partial charge in [0.25, 0.3) is 15.9 Å². The molecule has 3 aromatic carbocycles. The van der Waals surface area contributed by atoms with E-state index in [1.807, 2.05) is 0 Å². The lowest BCUT2D eigenvalue weighted by molar-refractivity contribution is -0.137. The average Bonchev–Trinajstić information content (AvgIpc) is 3.02. The van der Waals surface area contributed by atoms with E-state index in [0.717, 1.165) is 24.3 Å². The number of methoxy groups -OCH3 is 1. The van der Waals surface area contributed by atoms with Crippen molar-refractivity contribution in [1.82, 2.24) is 9.80 Å². The third-order valence-corrected chi connectivity index (χ3v) is 8.95. The molecule has 0 aliphatic carbocycles. The van der Waals surface area contributed by atoms with Gasteiger partial charge in [0.2, 0.25) is 0 Å². The molecule has 0 fully saturated rings. The molecule has 1 aliphatic rings. The number of fused-ring (bicyclic) bond motifs is 1. The predicted molar refractivity (Wildman–Crippen MR) is 165 cm³/mol. The van der Waals surface area contributed by atoms with Gasteiger partial charge in [0.05, 0.1) is 48.0 Å². The van der Waals surface area contributed by atoms with Crippen LogP contribution in [0.4, 0.5) is 29.3 Å². The number of amides is 3. The largest absolute Gasteiger partial charge is 0.497 e. The van der Waals surface area contributed by atoms with E-state index in [0.29, 0.717) is 5.75 Å². The number of nitrogens with one attached hydrogen (secondary N) is 2. The summed E-state index contributed by atoms with van der Waals surface area (Å²) in [6.07, 6.45) is -5.32. The number of likely N-dealkylation sites (N-methyl/N-ethyl adjacent to an activating group) is 1. The number of aliphatic hydroxyl groups is 1. The van der Waals surface area contributed by atoms with Gasteiger partial charge >= 0.3 is 12.2 Å². The van der Waals surface area contributed by atoms with Crippen molar-refractivity contribution in [3.63, 3.8) is 0 Å². The SMILES string of the molecule is COc1ccc(S(=O)(=O)Nc2cccc3c2O[C@H](CN(C)C(=O)Nc2ccc(C(F)(F)F)cc2)[C@H](C)CN([C@@H](C)CO)C3=O)cc1. The number of hydrogen-bond donors (Lipinski definition) is 3. The fraction of sp³-hybridized carbons (Fsp3) is 0.355. The van der Waals surface area contributed by atoms with E-state index in [1.54, 1.807) is 13.8 Å². The molecule has 3 aromatic rings. The van der Waals surface area contributed by atoms with Crippen LogP contribution in [0.15, 0.2) is 71.6 Å². The molecule has 15 heteroatoms. The highest BCUT2D eigenvalue weighted by Gasteiger charge is 2.36. The van der Waals surface area contributed by atoms with Crippen LogP contribution in [0, 0.1) is 5.92 Å². The topological polar surface area (TPSA) is 138 Å². The van der Waals surface area contributed by atoms with Gasteiger partial charge in [-0.3, -0.25) is 9.52 Å². The molecule has 3 N–H and O–H groups in total. The summed E-state index contributed by atoms with van der Waals surface area (Å²) >= 11 is 0. The Morgan fingerprint density at radius 1 is 1.13 bits per heavy atom. The van der Waals surface area contributed by atoms with Crippen molar-refractivity contribution in [2.45, 2.75) is 37.1 Å². The number of sulfonamides is 1. The molecular formula is C31H35F3N4O7S. The molecule has 11 nitrogen and oxygen atoms in total. The number of carbonyl (C=O) groups excluding carboxylic acids is 2. The standard InChI is InChI=1S/C31H35F3N4O7S/c1-19-16-38(20(2)18-39)29(40)25-6-5-7-26(36-46(42,43)24-14-12-23(44-4)13-15-24)28(25)45-27(19)17-37(3)30(41)35-22-10-8-21(9-11-22)31(32,33)34/h5-15,19-20,27,36,39H,16-18H2,1-4H3,(H,35,41)/t19-,20+,27-/m1/s1. The molecule has 3 atom stereocenters. The molecule has 4 rings (SSSR count). The van der Waals surface area contributed by atoms with Crippen molar-refractivity contribution in [3.05, 3.63) is 77.9 Å². The molecule has 46 heavy (non-hydrogen) atoms.